The minimum Gasteiger partial charge on any atom is -0.494 e. The number of hydrogen-bond acceptors (Lipinski definition) is 4. The Kier molecular flexibility index (Phi) is 7.29. The molecule has 0 heterocycles. The Morgan fingerprint density at radius 3 is 2.10 bits per heavy atom. The molecule has 0 fully saturated rings. The first-order valence-corrected chi connectivity index (χ1v) is 9.76. The van der Waals surface area contributed by atoms with Gasteiger partial charge in [0.15, 0.2) is 0 Å². The Morgan fingerprint density at radius 2 is 1.47 bits per heavy atom. The third kappa shape index (κ3) is 5.99. The van der Waals surface area contributed by atoms with Crippen LogP contribution in [0.4, 0.5) is 5.69 Å². The summed E-state index contributed by atoms with van der Waals surface area (Å²) in [7, 11) is 0. The molecule has 30 heavy (non-hydrogen) atoms. The molecule has 0 radical (unpaired) electrons. The molecular weight excluding hydrogens is 404 g/mol. The van der Waals surface area contributed by atoms with Crippen molar-refractivity contribution in [2.45, 2.75) is 6.92 Å². The lowest BCUT2D eigenvalue weighted by Crippen LogP contribution is -2.32. The molecule has 0 unspecified atom stereocenters. The molecule has 3 aromatic carbocycles. The summed E-state index contributed by atoms with van der Waals surface area (Å²) in [6, 6.07) is 20.9. The first-order chi connectivity index (χ1) is 14.5. The maximum atomic E-state index is 12.1. The molecule has 7 heteroatoms. The standard InChI is InChI=1S/C23H21ClN2O4/c1-2-29-17-11-13-19(14-12-17)30-18-9-7-16(8-10-18)26-22(27)15-25-23(28)20-5-3-4-6-21(20)24/h3-14H,2,15H2,1H3,(H,25,28)(H,26,27). The van der Waals surface area contributed by atoms with Crippen molar-refractivity contribution in [2.24, 2.45) is 0 Å². The summed E-state index contributed by atoms with van der Waals surface area (Å²) in [5.41, 5.74) is 0.911. The van der Waals surface area contributed by atoms with Crippen molar-refractivity contribution >= 4 is 29.1 Å². The molecule has 0 atom stereocenters. The zero-order chi connectivity index (χ0) is 21.3. The predicted octanol–water partition coefficient (Wildman–Crippen LogP) is 4.90. The van der Waals surface area contributed by atoms with Gasteiger partial charge in [-0.2, -0.15) is 0 Å². The van der Waals surface area contributed by atoms with Gasteiger partial charge in [-0.25, -0.2) is 0 Å². The number of rotatable bonds is 8. The Morgan fingerprint density at radius 1 is 0.867 bits per heavy atom. The van der Waals surface area contributed by atoms with E-state index in [-0.39, 0.29) is 12.5 Å². The lowest BCUT2D eigenvalue weighted by Gasteiger charge is -2.10. The average molecular weight is 425 g/mol. The van der Waals surface area contributed by atoms with Crippen molar-refractivity contribution in [3.05, 3.63) is 83.4 Å². The largest absolute Gasteiger partial charge is 0.494 e. The van der Waals surface area contributed by atoms with Crippen LogP contribution in [-0.2, 0) is 4.79 Å². The molecule has 0 saturated carbocycles. The second kappa shape index (κ2) is 10.3. The van der Waals surface area contributed by atoms with Crippen molar-refractivity contribution in [3.63, 3.8) is 0 Å². The molecule has 0 aliphatic rings. The summed E-state index contributed by atoms with van der Waals surface area (Å²) in [5.74, 6) is 1.33. The van der Waals surface area contributed by atoms with Crippen LogP contribution in [-0.4, -0.2) is 25.0 Å². The minimum absolute atomic E-state index is 0.172. The van der Waals surface area contributed by atoms with Crippen molar-refractivity contribution in [1.82, 2.24) is 5.32 Å². The van der Waals surface area contributed by atoms with E-state index in [0.29, 0.717) is 34.4 Å². The average Bonchev–Trinajstić information content (AvgIpc) is 2.75. The molecule has 0 aliphatic carbocycles. The van der Waals surface area contributed by atoms with E-state index in [1.165, 1.54) is 0 Å². The SMILES string of the molecule is CCOc1ccc(Oc2ccc(NC(=O)CNC(=O)c3ccccc3Cl)cc2)cc1. The Hall–Kier alpha value is -3.51. The fraction of sp³-hybridized carbons (Fsp3) is 0.130. The van der Waals surface area contributed by atoms with E-state index in [9.17, 15) is 9.59 Å². The lowest BCUT2D eigenvalue weighted by atomic mass is 10.2. The molecule has 2 N–H and O–H groups in total. The van der Waals surface area contributed by atoms with Gasteiger partial charge in [0.2, 0.25) is 5.91 Å². The maximum Gasteiger partial charge on any atom is 0.253 e. The lowest BCUT2D eigenvalue weighted by molar-refractivity contribution is -0.115. The van der Waals surface area contributed by atoms with Crippen molar-refractivity contribution < 1.29 is 19.1 Å². The van der Waals surface area contributed by atoms with Gasteiger partial charge in [0.05, 0.1) is 23.7 Å². The molecule has 0 saturated heterocycles. The fourth-order valence-electron chi connectivity index (χ4n) is 2.62. The molecule has 154 valence electrons. The van der Waals surface area contributed by atoms with Crippen molar-refractivity contribution in [1.29, 1.82) is 0 Å². The van der Waals surface area contributed by atoms with Gasteiger partial charge in [-0.05, 0) is 67.6 Å². The number of amides is 2. The molecule has 0 aromatic heterocycles. The summed E-state index contributed by atoms with van der Waals surface area (Å²) in [6.45, 7) is 2.36. The zero-order valence-corrected chi connectivity index (χ0v) is 17.1. The van der Waals surface area contributed by atoms with E-state index in [0.717, 1.165) is 5.75 Å². The van der Waals surface area contributed by atoms with E-state index in [1.54, 1.807) is 48.5 Å². The van der Waals surface area contributed by atoms with Crippen LogP contribution in [0.5, 0.6) is 17.2 Å². The van der Waals surface area contributed by atoms with Gasteiger partial charge in [-0.3, -0.25) is 9.59 Å². The minimum atomic E-state index is -0.408. The smallest absolute Gasteiger partial charge is 0.253 e. The monoisotopic (exact) mass is 424 g/mol. The van der Waals surface area contributed by atoms with E-state index in [4.69, 9.17) is 21.1 Å². The zero-order valence-electron chi connectivity index (χ0n) is 16.4. The Labute approximate surface area is 179 Å². The fourth-order valence-corrected chi connectivity index (χ4v) is 2.84. The van der Waals surface area contributed by atoms with E-state index < -0.39 is 5.91 Å². The molecule has 3 aromatic rings. The van der Waals surface area contributed by atoms with E-state index in [2.05, 4.69) is 10.6 Å². The number of halogens is 1. The van der Waals surface area contributed by atoms with Crippen LogP contribution in [0.3, 0.4) is 0 Å². The topological polar surface area (TPSA) is 76.7 Å². The molecule has 0 bridgehead atoms. The van der Waals surface area contributed by atoms with Crippen LogP contribution < -0.4 is 20.1 Å². The quantitative estimate of drug-likeness (QED) is 0.539. The van der Waals surface area contributed by atoms with Crippen LogP contribution >= 0.6 is 11.6 Å². The van der Waals surface area contributed by atoms with Gasteiger partial charge in [0.25, 0.3) is 5.91 Å². The number of carbonyl (C=O) groups is 2. The summed E-state index contributed by atoms with van der Waals surface area (Å²) in [4.78, 5) is 24.2. The Bertz CT molecular complexity index is 1000. The Balaban J connectivity index is 1.49. The number of ether oxygens (including phenoxy) is 2. The third-order valence-electron chi connectivity index (χ3n) is 4.04. The summed E-state index contributed by atoms with van der Waals surface area (Å²) in [6.07, 6.45) is 0. The molecule has 3 rings (SSSR count). The number of carbonyl (C=O) groups excluding carboxylic acids is 2. The highest BCUT2D eigenvalue weighted by Gasteiger charge is 2.11. The van der Waals surface area contributed by atoms with Gasteiger partial charge in [0.1, 0.15) is 17.2 Å². The molecule has 0 aliphatic heterocycles. The van der Waals surface area contributed by atoms with Gasteiger partial charge >= 0.3 is 0 Å². The van der Waals surface area contributed by atoms with Gasteiger partial charge < -0.3 is 20.1 Å². The predicted molar refractivity (Wildman–Crippen MR) is 117 cm³/mol. The summed E-state index contributed by atoms with van der Waals surface area (Å²) >= 11 is 5.98. The van der Waals surface area contributed by atoms with Gasteiger partial charge in [0, 0.05) is 5.69 Å². The molecular formula is C23H21ClN2O4. The summed E-state index contributed by atoms with van der Waals surface area (Å²) < 4.78 is 11.2. The van der Waals surface area contributed by atoms with Crippen molar-refractivity contribution in [3.8, 4) is 17.2 Å². The molecule has 2 amide bonds. The number of hydrogen-bond donors (Lipinski definition) is 2. The van der Waals surface area contributed by atoms with Crippen LogP contribution in [0.15, 0.2) is 72.8 Å². The first-order valence-electron chi connectivity index (χ1n) is 9.38. The van der Waals surface area contributed by atoms with Crippen LogP contribution in [0, 0.1) is 0 Å². The van der Waals surface area contributed by atoms with Gasteiger partial charge in [-0.1, -0.05) is 23.7 Å². The highest BCUT2D eigenvalue weighted by atomic mass is 35.5. The highest BCUT2D eigenvalue weighted by molar-refractivity contribution is 6.33. The summed E-state index contributed by atoms with van der Waals surface area (Å²) in [5, 5.41) is 5.60. The highest BCUT2D eigenvalue weighted by Crippen LogP contribution is 2.25. The van der Waals surface area contributed by atoms with E-state index >= 15 is 0 Å². The normalized spacial score (nSPS) is 10.2. The first kappa shape index (κ1) is 21.2. The molecule has 0 spiro atoms. The van der Waals surface area contributed by atoms with Crippen molar-refractivity contribution in [2.75, 3.05) is 18.5 Å². The number of nitrogens with one attached hydrogen (secondary N) is 2. The second-order valence-electron chi connectivity index (χ2n) is 6.24. The maximum absolute atomic E-state index is 12.1. The van der Waals surface area contributed by atoms with Gasteiger partial charge in [-0.15, -0.1) is 0 Å². The van der Waals surface area contributed by atoms with E-state index in [1.807, 2.05) is 31.2 Å². The van der Waals surface area contributed by atoms with Crippen LogP contribution in [0.1, 0.15) is 17.3 Å². The third-order valence-corrected chi connectivity index (χ3v) is 4.37. The second-order valence-corrected chi connectivity index (χ2v) is 6.65. The number of anilines is 1. The number of benzene rings is 3. The van der Waals surface area contributed by atoms with Crippen LogP contribution in [0.2, 0.25) is 5.02 Å². The van der Waals surface area contributed by atoms with Crippen LogP contribution in [0.25, 0.3) is 0 Å². The molecule has 6 nitrogen and oxygen atoms in total.